The minimum absolute atomic E-state index is 0.647. The number of rotatable bonds is 5. The van der Waals surface area contributed by atoms with Crippen molar-refractivity contribution in [3.63, 3.8) is 0 Å². The highest BCUT2D eigenvalue weighted by molar-refractivity contribution is 7.84. The molecule has 2 N–H and O–H groups in total. The smallest absolute Gasteiger partial charge is 0.0357 e. The molecule has 0 aromatic rings. The van der Waals surface area contributed by atoms with E-state index in [1.807, 2.05) is 0 Å². The summed E-state index contributed by atoms with van der Waals surface area (Å²) in [5.74, 6) is 1.57. The van der Waals surface area contributed by atoms with Gasteiger partial charge in [-0.15, -0.1) is 0 Å². The third-order valence-corrected chi connectivity index (χ3v) is 2.94. The van der Waals surface area contributed by atoms with Crippen molar-refractivity contribution in [1.82, 2.24) is 10.6 Å². The van der Waals surface area contributed by atoms with Crippen molar-refractivity contribution in [3.8, 4) is 0 Å². The van der Waals surface area contributed by atoms with Gasteiger partial charge >= 0.3 is 0 Å². The van der Waals surface area contributed by atoms with Crippen LogP contribution in [0.15, 0.2) is 0 Å². The Bertz CT molecular complexity index is 146. The molecule has 0 aliphatic carbocycles. The summed E-state index contributed by atoms with van der Waals surface area (Å²) in [4.78, 5) is 0. The van der Waals surface area contributed by atoms with Crippen LogP contribution in [0.5, 0.6) is 0 Å². The Hall–Kier alpha value is 0.0700. The molecule has 12 heavy (non-hydrogen) atoms. The first-order valence-corrected chi connectivity index (χ1v) is 6.23. The van der Waals surface area contributed by atoms with Gasteiger partial charge in [-0.1, -0.05) is 0 Å². The van der Waals surface area contributed by atoms with Gasteiger partial charge in [0.05, 0.1) is 0 Å². The van der Waals surface area contributed by atoms with E-state index >= 15 is 0 Å². The van der Waals surface area contributed by atoms with Crippen molar-refractivity contribution in [1.29, 1.82) is 0 Å². The molecule has 1 heterocycles. The van der Waals surface area contributed by atoms with Gasteiger partial charge < -0.3 is 10.6 Å². The van der Waals surface area contributed by atoms with Crippen LogP contribution in [0, 0.1) is 5.92 Å². The van der Waals surface area contributed by atoms with E-state index in [0.717, 1.165) is 37.8 Å². The fraction of sp³-hybridized carbons (Fsp3) is 1.00. The first-order chi connectivity index (χ1) is 5.79. The van der Waals surface area contributed by atoms with Gasteiger partial charge in [0.2, 0.25) is 0 Å². The molecule has 0 amide bonds. The van der Waals surface area contributed by atoms with Gasteiger partial charge in [-0.05, 0) is 32.0 Å². The van der Waals surface area contributed by atoms with E-state index in [4.69, 9.17) is 0 Å². The Morgan fingerprint density at radius 1 is 1.67 bits per heavy atom. The molecule has 1 aliphatic heterocycles. The molecule has 72 valence electrons. The standard InChI is InChI=1S/C8H18N2OS/c1-12(11)5-4-10-7-8-2-3-9-6-8/h8-10H,2-7H2,1H3. The van der Waals surface area contributed by atoms with Gasteiger partial charge in [0.15, 0.2) is 0 Å². The first kappa shape index (κ1) is 10.2. The van der Waals surface area contributed by atoms with Crippen LogP contribution < -0.4 is 10.6 Å². The average Bonchev–Trinajstić information content (AvgIpc) is 2.49. The topological polar surface area (TPSA) is 41.1 Å². The average molecular weight is 190 g/mol. The third kappa shape index (κ3) is 4.18. The quantitative estimate of drug-likeness (QED) is 0.578. The van der Waals surface area contributed by atoms with Crippen LogP contribution >= 0.6 is 0 Å². The Labute approximate surface area is 76.8 Å². The van der Waals surface area contributed by atoms with E-state index in [1.165, 1.54) is 6.42 Å². The van der Waals surface area contributed by atoms with E-state index in [2.05, 4.69) is 10.6 Å². The second-order valence-corrected chi connectivity index (χ2v) is 4.89. The lowest BCUT2D eigenvalue weighted by Gasteiger charge is -2.08. The first-order valence-electron chi connectivity index (χ1n) is 4.50. The van der Waals surface area contributed by atoms with Crippen LogP contribution in [0.1, 0.15) is 6.42 Å². The maximum Gasteiger partial charge on any atom is 0.0357 e. The van der Waals surface area contributed by atoms with Crippen molar-refractivity contribution in [2.45, 2.75) is 6.42 Å². The number of nitrogens with one attached hydrogen (secondary N) is 2. The lowest BCUT2D eigenvalue weighted by Crippen LogP contribution is -2.27. The summed E-state index contributed by atoms with van der Waals surface area (Å²) in [6.45, 7) is 4.26. The number of hydrogen-bond acceptors (Lipinski definition) is 3. The van der Waals surface area contributed by atoms with Crippen molar-refractivity contribution in [3.05, 3.63) is 0 Å². The highest BCUT2D eigenvalue weighted by Crippen LogP contribution is 2.04. The van der Waals surface area contributed by atoms with E-state index in [0.29, 0.717) is 0 Å². The van der Waals surface area contributed by atoms with E-state index in [-0.39, 0.29) is 0 Å². The second kappa shape index (κ2) is 5.67. The van der Waals surface area contributed by atoms with Gasteiger partial charge in [-0.25, -0.2) is 0 Å². The van der Waals surface area contributed by atoms with E-state index in [9.17, 15) is 4.21 Å². The predicted octanol–water partition coefficient (Wildman–Crippen LogP) is -0.436. The summed E-state index contributed by atoms with van der Waals surface area (Å²) >= 11 is 0. The Balaban J connectivity index is 1.91. The Morgan fingerprint density at radius 3 is 3.08 bits per heavy atom. The van der Waals surface area contributed by atoms with Crippen molar-refractivity contribution < 1.29 is 4.21 Å². The minimum atomic E-state index is -0.647. The largest absolute Gasteiger partial charge is 0.316 e. The Kier molecular flexibility index (Phi) is 4.80. The molecule has 0 spiro atoms. The summed E-state index contributed by atoms with van der Waals surface area (Å²) in [6, 6.07) is 0. The molecule has 0 saturated carbocycles. The van der Waals surface area contributed by atoms with Gasteiger partial charge in [0.25, 0.3) is 0 Å². The highest BCUT2D eigenvalue weighted by atomic mass is 32.2. The summed E-state index contributed by atoms with van der Waals surface area (Å²) in [5.41, 5.74) is 0. The Morgan fingerprint density at radius 2 is 2.50 bits per heavy atom. The van der Waals surface area contributed by atoms with Crippen molar-refractivity contribution in [2.75, 3.05) is 38.2 Å². The molecule has 1 fully saturated rings. The molecular formula is C8H18N2OS. The van der Waals surface area contributed by atoms with Gasteiger partial charge in [-0.2, -0.15) is 0 Å². The molecule has 1 aliphatic rings. The molecule has 1 rings (SSSR count). The zero-order valence-electron chi connectivity index (χ0n) is 7.64. The summed E-state index contributed by atoms with van der Waals surface area (Å²) in [7, 11) is -0.647. The molecule has 2 unspecified atom stereocenters. The maximum atomic E-state index is 10.7. The lowest BCUT2D eigenvalue weighted by atomic mass is 10.1. The molecule has 4 heteroatoms. The van der Waals surface area contributed by atoms with Crippen molar-refractivity contribution in [2.24, 2.45) is 5.92 Å². The SMILES string of the molecule is CS(=O)CCNCC1CCNC1. The van der Waals surface area contributed by atoms with Crippen LogP contribution in [0.2, 0.25) is 0 Å². The summed E-state index contributed by atoms with van der Waals surface area (Å²) < 4.78 is 10.7. The van der Waals surface area contributed by atoms with Gasteiger partial charge in [-0.3, -0.25) is 4.21 Å². The molecular weight excluding hydrogens is 172 g/mol. The van der Waals surface area contributed by atoms with E-state index < -0.39 is 10.8 Å². The van der Waals surface area contributed by atoms with Crippen LogP contribution in [0.25, 0.3) is 0 Å². The maximum absolute atomic E-state index is 10.7. The zero-order valence-corrected chi connectivity index (χ0v) is 8.45. The predicted molar refractivity (Wildman–Crippen MR) is 52.8 cm³/mol. The third-order valence-electron chi connectivity index (χ3n) is 2.16. The molecule has 2 atom stereocenters. The molecule has 3 nitrogen and oxygen atoms in total. The minimum Gasteiger partial charge on any atom is -0.316 e. The van der Waals surface area contributed by atoms with Crippen LogP contribution in [-0.2, 0) is 10.8 Å². The molecule has 1 saturated heterocycles. The fourth-order valence-electron chi connectivity index (χ4n) is 1.41. The zero-order chi connectivity index (χ0) is 8.81. The molecule has 0 aromatic heterocycles. The van der Waals surface area contributed by atoms with Gasteiger partial charge in [0.1, 0.15) is 0 Å². The normalized spacial score (nSPS) is 25.9. The summed E-state index contributed by atoms with van der Waals surface area (Å²) in [5, 5.41) is 6.65. The summed E-state index contributed by atoms with van der Waals surface area (Å²) in [6.07, 6.45) is 3.03. The molecule has 0 radical (unpaired) electrons. The fourth-order valence-corrected chi connectivity index (χ4v) is 1.84. The molecule has 0 bridgehead atoms. The number of hydrogen-bond donors (Lipinski definition) is 2. The van der Waals surface area contributed by atoms with Crippen molar-refractivity contribution >= 4 is 10.8 Å². The lowest BCUT2D eigenvalue weighted by molar-refractivity contribution is 0.524. The monoisotopic (exact) mass is 190 g/mol. The van der Waals surface area contributed by atoms with Crippen LogP contribution in [-0.4, -0.2) is 42.4 Å². The second-order valence-electron chi connectivity index (χ2n) is 3.34. The highest BCUT2D eigenvalue weighted by Gasteiger charge is 2.12. The van der Waals surface area contributed by atoms with E-state index in [1.54, 1.807) is 6.26 Å². The van der Waals surface area contributed by atoms with Crippen LogP contribution in [0.4, 0.5) is 0 Å². The van der Waals surface area contributed by atoms with Gasteiger partial charge in [0, 0.05) is 29.4 Å². The molecule has 0 aromatic carbocycles. The van der Waals surface area contributed by atoms with Crippen LogP contribution in [0.3, 0.4) is 0 Å².